The number of nitrogens with one attached hydrogen (secondary N) is 1. The van der Waals surface area contributed by atoms with Crippen LogP contribution >= 0.6 is 11.6 Å². The molecule has 2 heterocycles. The van der Waals surface area contributed by atoms with Gasteiger partial charge >= 0.3 is 0 Å². The predicted molar refractivity (Wildman–Crippen MR) is 142 cm³/mol. The maximum Gasteiger partial charge on any atom is 0.289 e. The number of aromatic nitrogens is 3. The summed E-state index contributed by atoms with van der Waals surface area (Å²) in [5, 5.41) is 33.0. The van der Waals surface area contributed by atoms with E-state index in [-0.39, 0.29) is 41.0 Å². The van der Waals surface area contributed by atoms with Crippen LogP contribution in [0.4, 0.5) is 0 Å². The molecule has 0 spiro atoms. The third-order valence-corrected chi connectivity index (χ3v) is 7.34. The molecule has 5 rings (SSSR count). The minimum Gasteiger partial charge on any atom is -0.508 e. The molecule has 10 heteroatoms. The van der Waals surface area contributed by atoms with Gasteiger partial charge in [0, 0.05) is 44.8 Å². The van der Waals surface area contributed by atoms with Crippen molar-refractivity contribution in [1.29, 1.82) is 0 Å². The second-order valence-corrected chi connectivity index (χ2v) is 10.8. The van der Waals surface area contributed by atoms with Crippen molar-refractivity contribution in [3.05, 3.63) is 52.3 Å². The minimum atomic E-state index is -0.346. The van der Waals surface area contributed by atoms with E-state index in [0.717, 1.165) is 51.1 Å². The fourth-order valence-corrected chi connectivity index (χ4v) is 4.93. The van der Waals surface area contributed by atoms with Crippen LogP contribution in [0.3, 0.4) is 0 Å². The molecule has 1 aliphatic carbocycles. The summed E-state index contributed by atoms with van der Waals surface area (Å²) in [4.78, 5) is 17.8. The number of likely N-dealkylation sites (N-methyl/N-ethyl adjacent to an activating group) is 1. The first-order chi connectivity index (χ1) is 17.7. The molecule has 1 aliphatic heterocycles. The summed E-state index contributed by atoms with van der Waals surface area (Å²) in [6.45, 7) is 8.74. The number of carbonyl (C=O) groups is 1. The predicted octanol–water partition coefficient (Wildman–Crippen LogP) is 3.76. The summed E-state index contributed by atoms with van der Waals surface area (Å²) < 4.78 is 1.59. The number of rotatable bonds is 7. The van der Waals surface area contributed by atoms with Crippen LogP contribution in [-0.2, 0) is 6.54 Å². The number of carbonyl (C=O) groups excluding carboxylic acids is 1. The molecular formula is C27H33ClN6O3. The maximum absolute atomic E-state index is 13.1. The molecule has 9 nitrogen and oxygen atoms in total. The molecule has 196 valence electrons. The zero-order valence-corrected chi connectivity index (χ0v) is 22.2. The number of aromatic hydroxyl groups is 2. The molecule has 1 amide bonds. The number of piperazine rings is 1. The van der Waals surface area contributed by atoms with E-state index in [1.165, 1.54) is 6.07 Å². The quantitative estimate of drug-likeness (QED) is 0.432. The summed E-state index contributed by atoms with van der Waals surface area (Å²) in [7, 11) is 2.13. The van der Waals surface area contributed by atoms with E-state index in [2.05, 4.69) is 32.4 Å². The van der Waals surface area contributed by atoms with Crippen LogP contribution in [0.2, 0.25) is 5.02 Å². The normalized spacial score (nSPS) is 16.9. The highest BCUT2D eigenvalue weighted by Crippen LogP contribution is 2.39. The van der Waals surface area contributed by atoms with E-state index in [0.29, 0.717) is 21.8 Å². The number of phenols is 2. The van der Waals surface area contributed by atoms with Gasteiger partial charge in [0.2, 0.25) is 5.82 Å². The number of hydrogen-bond donors (Lipinski definition) is 3. The number of halogens is 1. The van der Waals surface area contributed by atoms with Crippen LogP contribution in [-0.4, -0.2) is 80.0 Å². The summed E-state index contributed by atoms with van der Waals surface area (Å²) >= 11 is 6.83. The largest absolute Gasteiger partial charge is 0.508 e. The second-order valence-electron chi connectivity index (χ2n) is 10.4. The van der Waals surface area contributed by atoms with E-state index in [1.807, 2.05) is 32.0 Å². The molecule has 3 N–H and O–H groups in total. The zero-order valence-electron chi connectivity index (χ0n) is 21.4. The number of nitrogens with zero attached hydrogens (tertiary/aromatic N) is 5. The molecule has 1 saturated carbocycles. The van der Waals surface area contributed by atoms with E-state index < -0.39 is 0 Å². The van der Waals surface area contributed by atoms with Crippen molar-refractivity contribution in [1.82, 2.24) is 29.9 Å². The van der Waals surface area contributed by atoms with Gasteiger partial charge in [-0.1, -0.05) is 31.5 Å². The van der Waals surface area contributed by atoms with E-state index >= 15 is 0 Å². The van der Waals surface area contributed by atoms with Crippen LogP contribution in [0.15, 0.2) is 30.3 Å². The van der Waals surface area contributed by atoms with Gasteiger partial charge in [0.25, 0.3) is 5.91 Å². The van der Waals surface area contributed by atoms with Gasteiger partial charge in [-0.05, 0) is 55.1 Å². The third-order valence-electron chi connectivity index (χ3n) is 7.04. The molecule has 3 aromatic rings. The minimum absolute atomic E-state index is 0.000284. The Morgan fingerprint density at radius 2 is 1.81 bits per heavy atom. The average molecular weight is 525 g/mol. The lowest BCUT2D eigenvalue weighted by atomic mass is 9.98. The zero-order chi connectivity index (χ0) is 26.3. The van der Waals surface area contributed by atoms with Crippen molar-refractivity contribution < 1.29 is 15.0 Å². The number of benzene rings is 2. The van der Waals surface area contributed by atoms with Crippen molar-refractivity contribution in [2.75, 3.05) is 33.2 Å². The molecule has 0 unspecified atom stereocenters. The summed E-state index contributed by atoms with van der Waals surface area (Å²) in [5.41, 5.74) is 2.63. The highest BCUT2D eigenvalue weighted by atomic mass is 35.5. The molecule has 1 aromatic heterocycles. The lowest BCUT2D eigenvalue weighted by molar-refractivity contribution is 0.0938. The van der Waals surface area contributed by atoms with Gasteiger partial charge in [-0.25, -0.2) is 0 Å². The molecule has 2 aromatic carbocycles. The highest BCUT2D eigenvalue weighted by Gasteiger charge is 2.30. The van der Waals surface area contributed by atoms with Gasteiger partial charge in [0.1, 0.15) is 11.5 Å². The van der Waals surface area contributed by atoms with Crippen LogP contribution in [0, 0.1) is 0 Å². The molecule has 2 aliphatic rings. The number of phenolic OH excluding ortho intramolecular Hbond substituents is 2. The maximum atomic E-state index is 13.1. The van der Waals surface area contributed by atoms with E-state index in [4.69, 9.17) is 11.6 Å². The first kappa shape index (κ1) is 25.5. The summed E-state index contributed by atoms with van der Waals surface area (Å²) in [5.74, 6) is -0.136. The van der Waals surface area contributed by atoms with Crippen molar-refractivity contribution >= 4 is 17.5 Å². The Bertz CT molecular complexity index is 1310. The highest BCUT2D eigenvalue weighted by molar-refractivity contribution is 6.32. The van der Waals surface area contributed by atoms with Gasteiger partial charge in [-0.3, -0.25) is 14.3 Å². The fourth-order valence-electron chi connectivity index (χ4n) is 4.64. The van der Waals surface area contributed by atoms with Gasteiger partial charge < -0.3 is 20.4 Å². The fraction of sp³-hybridized carbons (Fsp3) is 0.444. The molecule has 1 saturated heterocycles. The average Bonchev–Trinajstić information content (AvgIpc) is 3.56. The summed E-state index contributed by atoms with van der Waals surface area (Å²) in [6.07, 6.45) is 1.87. The van der Waals surface area contributed by atoms with Gasteiger partial charge in [0.15, 0.2) is 5.82 Å². The van der Waals surface area contributed by atoms with E-state index in [9.17, 15) is 15.0 Å². The summed E-state index contributed by atoms with van der Waals surface area (Å²) in [6, 6.07) is 8.91. The molecule has 0 atom stereocenters. The first-order valence-corrected chi connectivity index (χ1v) is 13.1. The van der Waals surface area contributed by atoms with Gasteiger partial charge in [0.05, 0.1) is 16.3 Å². The lowest BCUT2D eigenvalue weighted by Gasteiger charge is -2.32. The molecule has 37 heavy (non-hydrogen) atoms. The van der Waals surface area contributed by atoms with Crippen molar-refractivity contribution in [3.63, 3.8) is 0 Å². The Hall–Kier alpha value is -3.14. The lowest BCUT2D eigenvalue weighted by Crippen LogP contribution is -2.43. The van der Waals surface area contributed by atoms with Crippen molar-refractivity contribution in [3.8, 4) is 28.6 Å². The smallest absolute Gasteiger partial charge is 0.289 e. The molecular weight excluding hydrogens is 492 g/mol. The van der Waals surface area contributed by atoms with Crippen LogP contribution in [0.5, 0.6) is 11.5 Å². The SMILES string of the molecule is CC(C)c1cc(-c2nnc(C(=O)NC3CC3)n2-c2ccc(CN3CCN(C)CC3)cc2Cl)c(O)cc1O. The second kappa shape index (κ2) is 10.3. The number of hydrogen-bond acceptors (Lipinski definition) is 7. The van der Waals surface area contributed by atoms with Crippen LogP contribution < -0.4 is 5.32 Å². The van der Waals surface area contributed by atoms with Crippen LogP contribution in [0.25, 0.3) is 17.1 Å². The Kier molecular flexibility index (Phi) is 7.11. The topological polar surface area (TPSA) is 107 Å². The van der Waals surface area contributed by atoms with Crippen LogP contribution in [0.1, 0.15) is 54.4 Å². The van der Waals surface area contributed by atoms with Gasteiger partial charge in [-0.2, -0.15) is 0 Å². The Morgan fingerprint density at radius 3 is 2.46 bits per heavy atom. The number of amides is 1. The monoisotopic (exact) mass is 524 g/mol. The molecule has 2 fully saturated rings. The molecule has 0 bridgehead atoms. The first-order valence-electron chi connectivity index (χ1n) is 12.7. The van der Waals surface area contributed by atoms with E-state index in [1.54, 1.807) is 10.6 Å². The van der Waals surface area contributed by atoms with Gasteiger partial charge in [-0.15, -0.1) is 10.2 Å². The van der Waals surface area contributed by atoms with Crippen molar-refractivity contribution in [2.24, 2.45) is 0 Å². The Labute approximate surface area is 221 Å². The Morgan fingerprint density at radius 1 is 1.08 bits per heavy atom. The standard InChI is InChI=1S/C27H33ClN6O3/c1-16(2)19-13-20(24(36)14-23(19)35)25-30-31-26(27(37)29-18-5-6-18)34(25)22-7-4-17(12-21(22)28)15-33-10-8-32(3)9-11-33/h4,7,12-14,16,18,35-36H,5-6,8-11,15H2,1-3H3,(H,29,37). The molecule has 0 radical (unpaired) electrons. The third kappa shape index (κ3) is 5.44. The van der Waals surface area contributed by atoms with Crippen molar-refractivity contribution in [2.45, 2.75) is 45.2 Å². The Balaban J connectivity index is 1.56.